The molecule has 0 aliphatic carbocycles. The average molecular weight is 453 g/mol. The topological polar surface area (TPSA) is 142 Å². The van der Waals surface area contributed by atoms with Crippen molar-refractivity contribution in [1.82, 2.24) is 0 Å². The van der Waals surface area contributed by atoms with Crippen LogP contribution in [0.2, 0.25) is 0 Å². The van der Waals surface area contributed by atoms with Gasteiger partial charge in [0.15, 0.2) is 0 Å². The van der Waals surface area contributed by atoms with E-state index in [1.165, 1.54) is 0 Å². The molecule has 1 N–H and O–H groups in total. The van der Waals surface area contributed by atoms with Gasteiger partial charge in [-0.2, -0.15) is 27.1 Å². The van der Waals surface area contributed by atoms with E-state index in [9.17, 15) is 0 Å². The van der Waals surface area contributed by atoms with Gasteiger partial charge in [-0.05, 0) is 13.8 Å². The van der Waals surface area contributed by atoms with Crippen molar-refractivity contribution in [2.24, 2.45) is 9.98 Å². The van der Waals surface area contributed by atoms with Crippen molar-refractivity contribution in [2.75, 3.05) is 39.3 Å². The molecular formula is C12H23Cl3CoN4O4-. The summed E-state index contributed by atoms with van der Waals surface area (Å²) in [5, 5.41) is 8.82. The van der Waals surface area contributed by atoms with Gasteiger partial charge >= 0.3 is 16.8 Å². The molecule has 146 valence electrons. The van der Waals surface area contributed by atoms with Crippen LogP contribution in [0.4, 0.5) is 0 Å². The minimum Gasteiger partial charge on any atom is -1.00 e. The smallest absolute Gasteiger partial charge is 1.00 e. The van der Waals surface area contributed by atoms with Crippen molar-refractivity contribution in [1.29, 1.82) is 0 Å². The Balaban J connectivity index is -0.000000221. The van der Waals surface area contributed by atoms with Gasteiger partial charge in [0, 0.05) is 13.1 Å². The molecular weight excluding hydrogens is 429 g/mol. The van der Waals surface area contributed by atoms with Crippen LogP contribution in [0.15, 0.2) is 9.98 Å². The fourth-order valence-electron chi connectivity index (χ4n) is 1.45. The van der Waals surface area contributed by atoms with Crippen LogP contribution in [-0.2, 0) is 16.8 Å². The fourth-order valence-corrected chi connectivity index (χ4v) is 1.45. The van der Waals surface area contributed by atoms with Crippen LogP contribution in [0.25, 0.3) is 10.6 Å². The molecule has 0 radical (unpaired) electrons. The van der Waals surface area contributed by atoms with Gasteiger partial charge in [0.25, 0.3) is 0 Å². The van der Waals surface area contributed by atoms with Crippen LogP contribution in [0.5, 0.6) is 0 Å². The van der Waals surface area contributed by atoms with Gasteiger partial charge < -0.3 is 35.4 Å². The normalized spacial score (nSPS) is 17.1. The third kappa shape index (κ3) is 27.3. The van der Waals surface area contributed by atoms with Crippen molar-refractivity contribution in [3.63, 3.8) is 0 Å². The van der Waals surface area contributed by atoms with E-state index >= 15 is 0 Å². The first-order valence-corrected chi connectivity index (χ1v) is 7.99. The summed E-state index contributed by atoms with van der Waals surface area (Å²) in [6.45, 7) is 9.33. The van der Waals surface area contributed by atoms with E-state index in [2.05, 4.69) is 20.6 Å². The maximum atomic E-state index is 8.60. The van der Waals surface area contributed by atoms with Crippen molar-refractivity contribution >= 4 is 11.4 Å². The molecule has 0 aromatic rings. The minimum atomic E-state index is -4.69. The maximum Gasteiger partial charge on any atom is 3.00 e. The summed E-state index contributed by atoms with van der Waals surface area (Å²) in [6, 6.07) is 0. The molecule has 0 unspecified atom stereocenters. The van der Waals surface area contributed by atoms with E-state index in [0.717, 1.165) is 63.5 Å². The molecule has 1 rings (SSSR count). The molecule has 0 fully saturated rings. The first-order chi connectivity index (χ1) is 9.80. The Hall–Kier alpha value is 0.476. The summed E-state index contributed by atoms with van der Waals surface area (Å²) < 4.78 is 32.7. The van der Waals surface area contributed by atoms with E-state index in [1.54, 1.807) is 0 Å². The summed E-state index contributed by atoms with van der Waals surface area (Å²) in [5.74, 6) is 0. The molecule has 0 saturated heterocycles. The molecule has 0 saturated carbocycles. The van der Waals surface area contributed by atoms with Gasteiger partial charge in [0.1, 0.15) is 0 Å². The second kappa shape index (κ2) is 19.8. The van der Waals surface area contributed by atoms with E-state index in [0.29, 0.717) is 0 Å². The number of hydrogen-bond acceptors (Lipinski definition) is 6. The van der Waals surface area contributed by atoms with Gasteiger partial charge in [0.05, 0.1) is 26.3 Å². The van der Waals surface area contributed by atoms with Crippen molar-refractivity contribution in [2.45, 2.75) is 26.7 Å². The van der Waals surface area contributed by atoms with E-state index in [1.807, 2.05) is 13.8 Å². The second-order valence-corrected chi connectivity index (χ2v) is 5.17. The number of hydrogen-bond donors (Lipinski definition) is 1. The molecule has 8 nitrogen and oxygen atoms in total. The standard InChI is InChI=1S/C12H22N4.ClHO4.2ClH.Co/c1-11-12(2)16-8-4-6-14-10-9-13-5-3-7-15-11;2-1(3,4)5;;;/h3-10H2,1-2H3;(H,2,3,4,5);2*1H;/q-2;;;;+3/p-2. The zero-order valence-corrected chi connectivity index (χ0v) is 16.9. The molecule has 0 spiro atoms. The number of nitrogens with zero attached hydrogens (tertiary/aromatic N) is 4. The third-order valence-corrected chi connectivity index (χ3v) is 2.59. The molecule has 0 aromatic heterocycles. The summed E-state index contributed by atoms with van der Waals surface area (Å²) in [5.41, 5.74) is 2.13. The Kier molecular flexibility index (Phi) is 26.5. The minimum absolute atomic E-state index is 0. The average Bonchev–Trinajstić information content (AvgIpc) is 2.36. The molecule has 0 atom stereocenters. The van der Waals surface area contributed by atoms with Crippen molar-refractivity contribution in [3.8, 4) is 0 Å². The first kappa shape index (κ1) is 32.2. The van der Waals surface area contributed by atoms with Crippen LogP contribution >= 0.6 is 0 Å². The number of halogens is 3. The Morgan fingerprint density at radius 3 is 1.42 bits per heavy atom. The summed E-state index contributed by atoms with van der Waals surface area (Å²) in [6.07, 6.45) is 2.06. The Morgan fingerprint density at radius 1 is 0.833 bits per heavy atom. The fraction of sp³-hybridized carbons (Fsp3) is 0.833. The predicted molar refractivity (Wildman–Crippen MR) is 73.6 cm³/mol. The molecule has 1 aliphatic heterocycles. The van der Waals surface area contributed by atoms with Crippen LogP contribution in [0.3, 0.4) is 0 Å². The van der Waals surface area contributed by atoms with Gasteiger partial charge in [0.2, 0.25) is 0 Å². The molecule has 0 aromatic carbocycles. The van der Waals surface area contributed by atoms with Gasteiger partial charge in [-0.15, -0.1) is 13.1 Å². The SMILES string of the molecule is CC1=NCCC[N-]CC[N-]CCCN=C1C.[Cl-].[Cl-].[Co+3].[O-][Cl+3]([O-])([O-])O. The van der Waals surface area contributed by atoms with Crippen molar-refractivity contribution in [3.05, 3.63) is 10.6 Å². The number of aliphatic imine (C=N–C) groups is 2. The molecule has 1 aliphatic rings. The van der Waals surface area contributed by atoms with Crippen LogP contribution in [0.1, 0.15) is 26.7 Å². The first-order valence-electron chi connectivity index (χ1n) is 6.73. The monoisotopic (exact) mass is 451 g/mol. The second-order valence-electron chi connectivity index (χ2n) is 4.38. The molecule has 24 heavy (non-hydrogen) atoms. The Labute approximate surface area is 168 Å². The van der Waals surface area contributed by atoms with E-state index in [-0.39, 0.29) is 41.6 Å². The quantitative estimate of drug-likeness (QED) is 0.389. The molecule has 1 heterocycles. The molecule has 0 bridgehead atoms. The van der Waals surface area contributed by atoms with Crippen LogP contribution < -0.4 is 38.8 Å². The van der Waals surface area contributed by atoms with Crippen LogP contribution in [0, 0.1) is 10.2 Å². The largest absolute Gasteiger partial charge is 3.00 e. The number of rotatable bonds is 0. The van der Waals surface area contributed by atoms with Crippen molar-refractivity contribution < 1.29 is 70.5 Å². The van der Waals surface area contributed by atoms with Crippen LogP contribution in [-0.4, -0.2) is 55.4 Å². The third-order valence-electron chi connectivity index (χ3n) is 2.59. The zero-order valence-electron chi connectivity index (χ0n) is 13.6. The molecule has 12 heteroatoms. The summed E-state index contributed by atoms with van der Waals surface area (Å²) >= 11 is 0. The Bertz CT molecular complexity index is 313. The van der Waals surface area contributed by atoms with E-state index < -0.39 is 10.2 Å². The summed E-state index contributed by atoms with van der Waals surface area (Å²) in [4.78, 5) is 8.99. The Morgan fingerprint density at radius 2 is 1.12 bits per heavy atom. The predicted octanol–water partition coefficient (Wildman–Crippen LogP) is -7.67. The van der Waals surface area contributed by atoms with E-state index in [4.69, 9.17) is 18.6 Å². The summed E-state index contributed by atoms with van der Waals surface area (Å²) in [7, 11) is -4.69. The van der Waals surface area contributed by atoms with Gasteiger partial charge in [-0.25, -0.2) is 0 Å². The molecule has 0 amide bonds. The zero-order chi connectivity index (χ0) is 16.1. The maximum absolute atomic E-state index is 8.60. The van der Waals surface area contributed by atoms with Gasteiger partial charge in [-0.1, -0.05) is 12.8 Å². The van der Waals surface area contributed by atoms with Gasteiger partial charge in [-0.3, -0.25) is 9.98 Å².